The van der Waals surface area contributed by atoms with Crippen molar-refractivity contribution in [2.45, 2.75) is 11.8 Å². The van der Waals surface area contributed by atoms with Gasteiger partial charge in [0.15, 0.2) is 0 Å². The summed E-state index contributed by atoms with van der Waals surface area (Å²) < 4.78 is 0. The molecule has 2 amide bonds. The highest BCUT2D eigenvalue weighted by Crippen LogP contribution is 2.39. The first kappa shape index (κ1) is 20.5. The Morgan fingerprint density at radius 3 is 2.27 bits per heavy atom. The number of nitrogens with one attached hydrogen (secondary N) is 1. The molecule has 0 aromatic heterocycles. The molecule has 0 fully saturated rings. The molecule has 0 atom stereocenters. The summed E-state index contributed by atoms with van der Waals surface area (Å²) >= 11 is 13.4. The Labute approximate surface area is 188 Å². The van der Waals surface area contributed by atoms with Crippen molar-refractivity contribution >= 4 is 58.2 Å². The summed E-state index contributed by atoms with van der Waals surface area (Å²) in [6.45, 7) is 1.81. The van der Waals surface area contributed by atoms with Gasteiger partial charge in [-0.05, 0) is 61.0 Å². The molecule has 0 spiro atoms. The normalized spacial score (nSPS) is 13.9. The van der Waals surface area contributed by atoms with Gasteiger partial charge < -0.3 is 5.32 Å². The van der Waals surface area contributed by atoms with Crippen molar-refractivity contribution in [2.75, 3.05) is 10.2 Å². The van der Waals surface area contributed by atoms with Gasteiger partial charge in [-0.1, -0.05) is 59.2 Å². The van der Waals surface area contributed by atoms with E-state index < -0.39 is 5.91 Å². The molecule has 0 bridgehead atoms. The predicted molar refractivity (Wildman–Crippen MR) is 123 cm³/mol. The first-order chi connectivity index (χ1) is 14.4. The van der Waals surface area contributed by atoms with Crippen molar-refractivity contribution in [2.24, 2.45) is 0 Å². The Morgan fingerprint density at radius 1 is 0.833 bits per heavy atom. The van der Waals surface area contributed by atoms with E-state index >= 15 is 0 Å². The third kappa shape index (κ3) is 4.10. The lowest BCUT2D eigenvalue weighted by molar-refractivity contribution is -0.120. The average molecular weight is 455 g/mol. The lowest BCUT2D eigenvalue weighted by atomic mass is 10.2. The molecule has 4 rings (SSSR count). The molecule has 4 nitrogen and oxygen atoms in total. The summed E-state index contributed by atoms with van der Waals surface area (Å²) in [6, 6.07) is 21.5. The minimum absolute atomic E-state index is 0.213. The molecule has 3 aromatic carbocycles. The second-order valence-corrected chi connectivity index (χ2v) is 8.59. The number of hydrogen-bond acceptors (Lipinski definition) is 4. The van der Waals surface area contributed by atoms with Crippen molar-refractivity contribution < 1.29 is 9.59 Å². The molecule has 0 saturated carbocycles. The van der Waals surface area contributed by atoms with Crippen molar-refractivity contribution in [1.82, 2.24) is 0 Å². The highest BCUT2D eigenvalue weighted by atomic mass is 35.5. The first-order valence-corrected chi connectivity index (χ1v) is 10.7. The molecule has 7 heteroatoms. The highest BCUT2D eigenvalue weighted by molar-refractivity contribution is 8.04. The Hall–Kier alpha value is -2.73. The summed E-state index contributed by atoms with van der Waals surface area (Å²) in [7, 11) is 0. The van der Waals surface area contributed by atoms with Crippen LogP contribution in [0, 0.1) is 6.92 Å². The zero-order valence-corrected chi connectivity index (χ0v) is 18.2. The van der Waals surface area contributed by atoms with E-state index in [1.54, 1.807) is 42.5 Å². The van der Waals surface area contributed by atoms with E-state index in [1.807, 2.05) is 37.3 Å². The largest absolute Gasteiger partial charge is 0.350 e. The minimum Gasteiger partial charge on any atom is -0.350 e. The second kappa shape index (κ2) is 8.56. The number of anilines is 2. The predicted octanol–water partition coefficient (Wildman–Crippen LogP) is 6.29. The fourth-order valence-electron chi connectivity index (χ4n) is 3.12. The van der Waals surface area contributed by atoms with Gasteiger partial charge in [-0.25, -0.2) is 4.90 Å². The van der Waals surface area contributed by atoms with E-state index in [0.717, 1.165) is 10.5 Å². The van der Waals surface area contributed by atoms with E-state index in [4.69, 9.17) is 23.2 Å². The van der Waals surface area contributed by atoms with Gasteiger partial charge in [0, 0.05) is 20.6 Å². The van der Waals surface area contributed by atoms with Crippen LogP contribution in [0.15, 0.2) is 88.3 Å². The molecule has 0 unspecified atom stereocenters. The number of aryl methyl sites for hydroxylation is 1. The Kier molecular flexibility index (Phi) is 5.86. The van der Waals surface area contributed by atoms with E-state index in [0.29, 0.717) is 26.3 Å². The molecule has 0 saturated heterocycles. The molecule has 1 N–H and O–H groups in total. The molecule has 0 aliphatic carbocycles. The van der Waals surface area contributed by atoms with Crippen LogP contribution >= 0.6 is 35.0 Å². The number of nitrogens with zero attached hydrogens (tertiary/aromatic N) is 1. The van der Waals surface area contributed by atoms with E-state index in [-0.39, 0.29) is 11.6 Å². The van der Waals surface area contributed by atoms with Crippen LogP contribution in [-0.2, 0) is 9.59 Å². The zero-order valence-electron chi connectivity index (χ0n) is 15.9. The second-order valence-electron chi connectivity index (χ2n) is 6.63. The number of halogens is 2. The maximum Gasteiger partial charge on any atom is 0.283 e. The quantitative estimate of drug-likeness (QED) is 0.460. The number of imide groups is 1. The summed E-state index contributed by atoms with van der Waals surface area (Å²) in [4.78, 5) is 29.1. The summed E-state index contributed by atoms with van der Waals surface area (Å²) in [6.07, 6.45) is 0. The molecule has 1 aliphatic rings. The summed E-state index contributed by atoms with van der Waals surface area (Å²) in [5.41, 5.74) is 2.07. The number of carbonyl (C=O) groups excluding carboxylic acids is 2. The summed E-state index contributed by atoms with van der Waals surface area (Å²) in [5.74, 6) is -0.812. The topological polar surface area (TPSA) is 49.4 Å². The molecule has 1 heterocycles. The number of hydrogen-bond donors (Lipinski definition) is 1. The smallest absolute Gasteiger partial charge is 0.283 e. The third-order valence-electron chi connectivity index (χ3n) is 4.50. The van der Waals surface area contributed by atoms with Crippen LogP contribution in [0.5, 0.6) is 0 Å². The van der Waals surface area contributed by atoms with Crippen LogP contribution in [0.3, 0.4) is 0 Å². The molecule has 0 radical (unpaired) electrons. The number of thioether (sulfide) groups is 1. The highest BCUT2D eigenvalue weighted by Gasteiger charge is 2.40. The summed E-state index contributed by atoms with van der Waals surface area (Å²) in [5, 5.41) is 4.17. The van der Waals surface area contributed by atoms with Crippen molar-refractivity contribution in [3.05, 3.63) is 99.0 Å². The van der Waals surface area contributed by atoms with Crippen LogP contribution in [-0.4, -0.2) is 11.8 Å². The van der Waals surface area contributed by atoms with Crippen molar-refractivity contribution in [3.8, 4) is 0 Å². The molecule has 30 heavy (non-hydrogen) atoms. The van der Waals surface area contributed by atoms with Crippen LogP contribution in [0.4, 0.5) is 11.4 Å². The van der Waals surface area contributed by atoms with Gasteiger partial charge in [0.1, 0.15) is 10.6 Å². The van der Waals surface area contributed by atoms with E-state index in [2.05, 4.69) is 5.32 Å². The fraction of sp³-hybridized carbons (Fsp3) is 0.0435. The monoisotopic (exact) mass is 454 g/mol. The van der Waals surface area contributed by atoms with Gasteiger partial charge in [-0.3, -0.25) is 9.59 Å². The molecule has 150 valence electrons. The van der Waals surface area contributed by atoms with E-state index in [1.165, 1.54) is 16.7 Å². The van der Waals surface area contributed by atoms with E-state index in [9.17, 15) is 9.59 Å². The van der Waals surface area contributed by atoms with Crippen LogP contribution < -0.4 is 10.2 Å². The standard InChI is InChI=1S/C23H16Cl2N2O2S/c1-14-12-16(25)10-11-19(14)27-22(28)20(26-17-7-5-6-15(24)13-17)21(23(27)29)30-18-8-3-2-4-9-18/h2-13,26H,1H3. The number of benzene rings is 3. The maximum atomic E-state index is 13.4. The fourth-order valence-corrected chi connectivity index (χ4v) is 4.48. The van der Waals surface area contributed by atoms with Crippen LogP contribution in [0.25, 0.3) is 0 Å². The number of carbonyl (C=O) groups is 2. The molecular weight excluding hydrogens is 439 g/mol. The number of amides is 2. The van der Waals surface area contributed by atoms with Gasteiger partial charge in [-0.15, -0.1) is 0 Å². The lowest BCUT2D eigenvalue weighted by Crippen LogP contribution is -2.32. The SMILES string of the molecule is Cc1cc(Cl)ccc1N1C(=O)C(Nc2cccc(Cl)c2)=C(Sc2ccccc2)C1=O. The Balaban J connectivity index is 1.77. The Bertz CT molecular complexity index is 1180. The third-order valence-corrected chi connectivity index (χ3v) is 6.06. The van der Waals surface area contributed by atoms with Crippen LogP contribution in [0.1, 0.15) is 5.56 Å². The minimum atomic E-state index is -0.427. The number of rotatable bonds is 5. The van der Waals surface area contributed by atoms with Crippen molar-refractivity contribution in [3.63, 3.8) is 0 Å². The van der Waals surface area contributed by atoms with Crippen molar-refractivity contribution in [1.29, 1.82) is 0 Å². The van der Waals surface area contributed by atoms with Gasteiger partial charge in [0.2, 0.25) is 0 Å². The zero-order chi connectivity index (χ0) is 21.3. The van der Waals surface area contributed by atoms with Gasteiger partial charge in [-0.2, -0.15) is 0 Å². The first-order valence-electron chi connectivity index (χ1n) is 9.09. The lowest BCUT2D eigenvalue weighted by Gasteiger charge is -2.18. The van der Waals surface area contributed by atoms with Gasteiger partial charge in [0.25, 0.3) is 11.8 Å². The van der Waals surface area contributed by atoms with Crippen LogP contribution in [0.2, 0.25) is 10.0 Å². The van der Waals surface area contributed by atoms with Gasteiger partial charge in [0.05, 0.1) is 5.69 Å². The Morgan fingerprint density at radius 2 is 1.57 bits per heavy atom. The molecular formula is C23H16Cl2N2O2S. The molecule has 1 aliphatic heterocycles. The molecule has 3 aromatic rings. The average Bonchev–Trinajstić information content (AvgIpc) is 2.93. The maximum absolute atomic E-state index is 13.4. The van der Waals surface area contributed by atoms with Gasteiger partial charge >= 0.3 is 0 Å².